The summed E-state index contributed by atoms with van der Waals surface area (Å²) in [6.07, 6.45) is 0. The zero-order valence-corrected chi connectivity index (χ0v) is 32.7. The van der Waals surface area contributed by atoms with E-state index in [1.54, 1.807) is 0 Å². The van der Waals surface area contributed by atoms with E-state index in [9.17, 15) is 0 Å². The van der Waals surface area contributed by atoms with Crippen LogP contribution in [0.15, 0.2) is 218 Å². The highest BCUT2D eigenvalue weighted by Gasteiger charge is 2.24. The summed E-state index contributed by atoms with van der Waals surface area (Å²) in [6, 6.07) is 79.5. The van der Waals surface area contributed by atoms with Crippen LogP contribution in [-0.2, 0) is 5.41 Å². The van der Waals surface area contributed by atoms with Crippen LogP contribution in [0.4, 0.5) is 17.1 Å². The van der Waals surface area contributed by atoms with Gasteiger partial charge in [-0.2, -0.15) is 0 Å². The molecule has 57 heavy (non-hydrogen) atoms. The molecule has 9 aromatic carbocycles. The summed E-state index contributed by atoms with van der Waals surface area (Å²) in [7, 11) is 0. The number of hydrogen-bond donors (Lipinski definition) is 0. The first-order chi connectivity index (χ1) is 28.0. The second-order valence-electron chi connectivity index (χ2n) is 15.7. The van der Waals surface area contributed by atoms with E-state index in [0.29, 0.717) is 0 Å². The van der Waals surface area contributed by atoms with Crippen LogP contribution >= 0.6 is 0 Å². The summed E-state index contributed by atoms with van der Waals surface area (Å²) in [6.45, 7) is 6.83. The van der Waals surface area contributed by atoms with Crippen molar-refractivity contribution in [1.29, 1.82) is 0 Å². The Hall–Kier alpha value is -6.96. The molecule has 1 heteroatoms. The normalized spacial score (nSPS) is 11.4. The van der Waals surface area contributed by atoms with Gasteiger partial charge in [0.1, 0.15) is 0 Å². The number of rotatable bonds is 8. The monoisotopic (exact) mass is 731 g/mol. The molecule has 0 radical (unpaired) electrons. The van der Waals surface area contributed by atoms with Crippen molar-refractivity contribution in [3.63, 3.8) is 0 Å². The first kappa shape index (κ1) is 35.7. The van der Waals surface area contributed by atoms with Gasteiger partial charge in [-0.1, -0.05) is 215 Å². The molecule has 0 saturated heterocycles. The molecule has 0 bridgehead atoms. The van der Waals surface area contributed by atoms with Gasteiger partial charge in [0.2, 0.25) is 0 Å². The zero-order chi connectivity index (χ0) is 38.8. The molecule has 0 aromatic heterocycles. The third-order valence-electron chi connectivity index (χ3n) is 11.1. The van der Waals surface area contributed by atoms with Gasteiger partial charge in [0.25, 0.3) is 0 Å². The number of hydrogen-bond acceptors (Lipinski definition) is 1. The lowest BCUT2D eigenvalue weighted by Crippen LogP contribution is -2.14. The largest absolute Gasteiger partial charge is 0.309 e. The first-order valence-electron chi connectivity index (χ1n) is 19.9. The smallest absolute Gasteiger partial charge is 0.0540 e. The second kappa shape index (κ2) is 15.3. The molecule has 9 rings (SSSR count). The van der Waals surface area contributed by atoms with Crippen LogP contribution in [0, 0.1) is 0 Å². The fourth-order valence-corrected chi connectivity index (χ4v) is 8.28. The first-order valence-corrected chi connectivity index (χ1v) is 19.9. The molecular formula is C56H45N. The van der Waals surface area contributed by atoms with Gasteiger partial charge in [-0.3, -0.25) is 0 Å². The van der Waals surface area contributed by atoms with Crippen LogP contribution < -0.4 is 4.90 Å². The van der Waals surface area contributed by atoms with E-state index in [1.165, 1.54) is 66.4 Å². The van der Waals surface area contributed by atoms with Crippen LogP contribution in [0.1, 0.15) is 26.3 Å². The molecular weight excluding hydrogens is 687 g/mol. The van der Waals surface area contributed by atoms with Crippen LogP contribution in [-0.4, -0.2) is 0 Å². The third kappa shape index (κ3) is 6.94. The van der Waals surface area contributed by atoms with Gasteiger partial charge in [0.05, 0.1) is 11.4 Å². The lowest BCUT2D eigenvalue weighted by molar-refractivity contribution is 0.590. The van der Waals surface area contributed by atoms with Gasteiger partial charge in [0.15, 0.2) is 0 Å². The van der Waals surface area contributed by atoms with Crippen molar-refractivity contribution in [1.82, 2.24) is 0 Å². The van der Waals surface area contributed by atoms with E-state index in [-0.39, 0.29) is 5.41 Å². The van der Waals surface area contributed by atoms with Crippen molar-refractivity contribution >= 4 is 27.8 Å². The topological polar surface area (TPSA) is 3.24 Å². The molecule has 0 atom stereocenters. The summed E-state index contributed by atoms with van der Waals surface area (Å²) in [4.78, 5) is 2.47. The van der Waals surface area contributed by atoms with Crippen LogP contribution in [0.2, 0.25) is 0 Å². The van der Waals surface area contributed by atoms with Crippen molar-refractivity contribution in [3.05, 3.63) is 224 Å². The Kier molecular flexibility index (Phi) is 9.58. The standard InChI is InChI=1S/C56H45N/c1-56(2,3)43-36-38-44(39-37-43)57(54-35-17-15-31-51(54)52-33-19-25-42-24-18-32-46(55(42)52)41-22-8-5-9-23-41)53-34-16-14-30-50(53)49-29-13-12-28-48(49)47-27-11-10-26-45(47)40-20-6-4-7-21-40/h4-39H,1-3H3. The van der Waals surface area contributed by atoms with E-state index in [2.05, 4.69) is 244 Å². The van der Waals surface area contributed by atoms with Gasteiger partial charge < -0.3 is 4.90 Å². The molecule has 0 aliphatic rings. The molecule has 0 heterocycles. The van der Waals surface area contributed by atoms with Gasteiger partial charge >= 0.3 is 0 Å². The van der Waals surface area contributed by atoms with Gasteiger partial charge in [0, 0.05) is 16.8 Å². The number of nitrogens with zero attached hydrogens (tertiary/aromatic N) is 1. The molecule has 0 aliphatic heterocycles. The predicted molar refractivity (Wildman–Crippen MR) is 245 cm³/mol. The Bertz CT molecular complexity index is 2800. The summed E-state index contributed by atoms with van der Waals surface area (Å²) in [5, 5.41) is 2.47. The van der Waals surface area contributed by atoms with Crippen molar-refractivity contribution in [2.45, 2.75) is 26.2 Å². The maximum Gasteiger partial charge on any atom is 0.0540 e. The minimum Gasteiger partial charge on any atom is -0.309 e. The molecule has 0 fully saturated rings. The van der Waals surface area contributed by atoms with Crippen molar-refractivity contribution < 1.29 is 0 Å². The van der Waals surface area contributed by atoms with E-state index < -0.39 is 0 Å². The SMILES string of the molecule is CC(C)(C)c1ccc(N(c2ccccc2-c2ccccc2-c2ccccc2-c2ccccc2)c2ccccc2-c2cccc3cccc(-c4ccccc4)c23)cc1. The fraction of sp³-hybridized carbons (Fsp3) is 0.0714. The lowest BCUT2D eigenvalue weighted by Gasteiger charge is -2.31. The number of fused-ring (bicyclic) bond motifs is 1. The zero-order valence-electron chi connectivity index (χ0n) is 32.7. The molecule has 0 saturated carbocycles. The third-order valence-corrected chi connectivity index (χ3v) is 11.1. The summed E-state index contributed by atoms with van der Waals surface area (Å²) in [5.41, 5.74) is 16.6. The number of para-hydroxylation sites is 2. The average Bonchev–Trinajstić information content (AvgIpc) is 3.27. The Morgan fingerprint density at radius 2 is 0.684 bits per heavy atom. The van der Waals surface area contributed by atoms with Gasteiger partial charge in [-0.05, 0) is 90.5 Å². The minimum atomic E-state index is 0.0288. The summed E-state index contributed by atoms with van der Waals surface area (Å²) in [5.74, 6) is 0. The lowest BCUT2D eigenvalue weighted by atomic mass is 9.86. The van der Waals surface area contributed by atoms with Crippen LogP contribution in [0.5, 0.6) is 0 Å². The summed E-state index contributed by atoms with van der Waals surface area (Å²) >= 11 is 0. The van der Waals surface area contributed by atoms with E-state index in [4.69, 9.17) is 0 Å². The Morgan fingerprint density at radius 3 is 1.23 bits per heavy atom. The number of benzene rings is 9. The van der Waals surface area contributed by atoms with Crippen molar-refractivity contribution in [2.75, 3.05) is 4.90 Å². The average molecular weight is 732 g/mol. The Labute approximate surface area is 337 Å². The Morgan fingerprint density at radius 1 is 0.298 bits per heavy atom. The van der Waals surface area contributed by atoms with Crippen LogP contribution in [0.25, 0.3) is 66.4 Å². The predicted octanol–water partition coefficient (Wildman–Crippen LogP) is 15.9. The molecule has 0 spiro atoms. The van der Waals surface area contributed by atoms with Gasteiger partial charge in [-0.15, -0.1) is 0 Å². The van der Waals surface area contributed by atoms with Crippen molar-refractivity contribution in [2.24, 2.45) is 0 Å². The highest BCUT2D eigenvalue weighted by molar-refractivity contribution is 6.09. The molecule has 0 N–H and O–H groups in total. The van der Waals surface area contributed by atoms with Crippen molar-refractivity contribution in [3.8, 4) is 55.6 Å². The molecule has 0 amide bonds. The quantitative estimate of drug-likeness (QED) is 0.150. The fourth-order valence-electron chi connectivity index (χ4n) is 8.28. The minimum absolute atomic E-state index is 0.0288. The van der Waals surface area contributed by atoms with Gasteiger partial charge in [-0.25, -0.2) is 0 Å². The highest BCUT2D eigenvalue weighted by atomic mass is 15.1. The van der Waals surface area contributed by atoms with E-state index in [1.807, 2.05) is 0 Å². The van der Waals surface area contributed by atoms with E-state index in [0.717, 1.165) is 22.6 Å². The molecule has 0 unspecified atom stereocenters. The maximum absolute atomic E-state index is 2.47. The highest BCUT2D eigenvalue weighted by Crippen LogP contribution is 2.49. The maximum atomic E-state index is 2.47. The second-order valence-corrected chi connectivity index (χ2v) is 15.7. The Balaban J connectivity index is 1.29. The van der Waals surface area contributed by atoms with E-state index >= 15 is 0 Å². The molecule has 9 aromatic rings. The molecule has 1 nitrogen and oxygen atoms in total. The molecule has 274 valence electrons. The molecule has 0 aliphatic carbocycles. The number of anilines is 3. The summed E-state index contributed by atoms with van der Waals surface area (Å²) < 4.78 is 0. The van der Waals surface area contributed by atoms with Crippen LogP contribution in [0.3, 0.4) is 0 Å².